The Bertz CT molecular complexity index is 967. The third kappa shape index (κ3) is 3.79. The molecule has 3 heterocycles. The van der Waals surface area contributed by atoms with Crippen molar-refractivity contribution in [2.45, 2.75) is 24.5 Å². The molecule has 5 heteroatoms. The normalized spacial score (nSPS) is 26.2. The van der Waals surface area contributed by atoms with Crippen molar-refractivity contribution in [3.63, 3.8) is 0 Å². The molecule has 158 valence electrons. The van der Waals surface area contributed by atoms with Gasteiger partial charge in [-0.15, -0.1) is 0 Å². The molecule has 2 N–H and O–H groups in total. The number of hydrogen-bond acceptors (Lipinski definition) is 4. The summed E-state index contributed by atoms with van der Waals surface area (Å²) in [5.41, 5.74) is 2.81. The van der Waals surface area contributed by atoms with Crippen LogP contribution in [0.25, 0.3) is 10.9 Å². The molecule has 0 aliphatic carbocycles. The lowest BCUT2D eigenvalue weighted by Gasteiger charge is -2.50. The fourth-order valence-electron chi connectivity index (χ4n) is 5.17. The van der Waals surface area contributed by atoms with Crippen molar-refractivity contribution in [2.75, 3.05) is 45.9 Å². The standard InChI is InChI=1S/C25H31N3O2/c29-25(21-6-2-1-3-7-21)11-13-27(19-24(25)28-14-16-30-17-15-28)12-10-20-18-26-23-9-5-4-8-22(20)23/h1-9,18,24,26,29H,10-17,19H2/t24-,25+/m1/s1. The zero-order valence-corrected chi connectivity index (χ0v) is 17.5. The highest BCUT2D eigenvalue weighted by Gasteiger charge is 2.45. The Hall–Kier alpha value is -2.18. The van der Waals surface area contributed by atoms with Gasteiger partial charge in [0.1, 0.15) is 5.60 Å². The molecule has 2 fully saturated rings. The number of hydrogen-bond donors (Lipinski definition) is 2. The molecular formula is C25H31N3O2. The number of morpholine rings is 1. The highest BCUT2D eigenvalue weighted by atomic mass is 16.5. The number of aliphatic hydroxyl groups is 1. The van der Waals surface area contributed by atoms with Gasteiger partial charge < -0.3 is 19.7 Å². The molecule has 2 aliphatic heterocycles. The van der Waals surface area contributed by atoms with Crippen LogP contribution in [0, 0.1) is 0 Å². The van der Waals surface area contributed by atoms with Crippen LogP contribution in [-0.2, 0) is 16.8 Å². The van der Waals surface area contributed by atoms with Gasteiger partial charge in [-0.05, 0) is 30.0 Å². The predicted molar refractivity (Wildman–Crippen MR) is 120 cm³/mol. The first-order chi connectivity index (χ1) is 14.7. The zero-order chi connectivity index (χ0) is 20.4. The SMILES string of the molecule is O[C@]1(c2ccccc2)CCN(CCc2c[nH]c3ccccc23)C[C@H]1N1CCOCC1. The summed E-state index contributed by atoms with van der Waals surface area (Å²) < 4.78 is 5.59. The zero-order valence-electron chi connectivity index (χ0n) is 17.5. The quantitative estimate of drug-likeness (QED) is 0.685. The first-order valence-electron chi connectivity index (χ1n) is 11.1. The van der Waals surface area contributed by atoms with E-state index in [-0.39, 0.29) is 6.04 Å². The number of aromatic nitrogens is 1. The van der Waals surface area contributed by atoms with E-state index in [0.29, 0.717) is 0 Å². The third-order valence-electron chi connectivity index (χ3n) is 6.92. The van der Waals surface area contributed by atoms with Gasteiger partial charge in [-0.2, -0.15) is 0 Å². The molecule has 2 aromatic carbocycles. The number of likely N-dealkylation sites (tertiary alicyclic amines) is 1. The summed E-state index contributed by atoms with van der Waals surface area (Å²) in [6.45, 7) is 6.06. The number of aromatic amines is 1. The predicted octanol–water partition coefficient (Wildman–Crippen LogP) is 3.00. The van der Waals surface area contributed by atoms with Crippen molar-refractivity contribution < 1.29 is 9.84 Å². The van der Waals surface area contributed by atoms with Crippen LogP contribution in [0.1, 0.15) is 17.5 Å². The molecule has 1 aromatic heterocycles. The number of ether oxygens (including phenoxy) is 1. The van der Waals surface area contributed by atoms with Crippen molar-refractivity contribution >= 4 is 10.9 Å². The van der Waals surface area contributed by atoms with E-state index in [4.69, 9.17) is 4.74 Å². The van der Waals surface area contributed by atoms with Crippen LogP contribution in [0.5, 0.6) is 0 Å². The van der Waals surface area contributed by atoms with Crippen LogP contribution in [-0.4, -0.2) is 71.9 Å². The first-order valence-corrected chi connectivity index (χ1v) is 11.1. The van der Waals surface area contributed by atoms with Crippen molar-refractivity contribution in [1.29, 1.82) is 0 Å². The van der Waals surface area contributed by atoms with E-state index in [9.17, 15) is 5.11 Å². The van der Waals surface area contributed by atoms with Crippen molar-refractivity contribution in [3.8, 4) is 0 Å². The van der Waals surface area contributed by atoms with Gasteiger partial charge in [0.15, 0.2) is 0 Å². The monoisotopic (exact) mass is 405 g/mol. The van der Waals surface area contributed by atoms with Crippen LogP contribution in [0.2, 0.25) is 0 Å². The second-order valence-corrected chi connectivity index (χ2v) is 8.61. The molecule has 2 saturated heterocycles. The number of para-hydroxylation sites is 1. The molecule has 5 rings (SSSR count). The van der Waals surface area contributed by atoms with Crippen LogP contribution in [0.4, 0.5) is 0 Å². The summed E-state index contributed by atoms with van der Waals surface area (Å²) in [7, 11) is 0. The molecule has 0 saturated carbocycles. The highest BCUT2D eigenvalue weighted by Crippen LogP contribution is 2.36. The Morgan fingerprint density at radius 2 is 1.77 bits per heavy atom. The number of piperidine rings is 1. The maximum atomic E-state index is 11.9. The third-order valence-corrected chi connectivity index (χ3v) is 6.92. The van der Waals surface area contributed by atoms with E-state index < -0.39 is 5.60 Å². The summed E-state index contributed by atoms with van der Waals surface area (Å²) in [5.74, 6) is 0. The van der Waals surface area contributed by atoms with Gasteiger partial charge in [-0.3, -0.25) is 4.90 Å². The molecule has 3 aromatic rings. The maximum Gasteiger partial charge on any atom is 0.108 e. The number of rotatable bonds is 5. The fraction of sp³-hybridized carbons (Fsp3) is 0.440. The summed E-state index contributed by atoms with van der Waals surface area (Å²) in [4.78, 5) is 8.36. The second-order valence-electron chi connectivity index (χ2n) is 8.61. The van der Waals surface area contributed by atoms with E-state index in [2.05, 4.69) is 57.4 Å². The lowest BCUT2D eigenvalue weighted by atomic mass is 9.79. The minimum atomic E-state index is -0.810. The molecule has 0 unspecified atom stereocenters. The van der Waals surface area contributed by atoms with Crippen molar-refractivity contribution in [3.05, 3.63) is 71.9 Å². The first kappa shape index (κ1) is 19.8. The fourth-order valence-corrected chi connectivity index (χ4v) is 5.17. The Morgan fingerprint density at radius 1 is 1.00 bits per heavy atom. The topological polar surface area (TPSA) is 51.7 Å². The summed E-state index contributed by atoms with van der Waals surface area (Å²) in [6.07, 6.45) is 3.92. The van der Waals surface area contributed by atoms with Gasteiger partial charge in [0, 0.05) is 49.8 Å². The Balaban J connectivity index is 1.34. The second kappa shape index (κ2) is 8.52. The van der Waals surface area contributed by atoms with E-state index in [1.807, 2.05) is 18.2 Å². The van der Waals surface area contributed by atoms with E-state index in [1.54, 1.807) is 0 Å². The minimum absolute atomic E-state index is 0.0838. The number of H-pyrrole nitrogens is 1. The molecular weight excluding hydrogens is 374 g/mol. The van der Waals surface area contributed by atoms with E-state index >= 15 is 0 Å². The largest absolute Gasteiger partial charge is 0.383 e. The van der Waals surface area contributed by atoms with Crippen LogP contribution < -0.4 is 0 Å². The maximum absolute atomic E-state index is 11.9. The van der Waals surface area contributed by atoms with Gasteiger partial charge >= 0.3 is 0 Å². The van der Waals surface area contributed by atoms with E-state index in [0.717, 1.165) is 64.3 Å². The molecule has 0 amide bonds. The lowest BCUT2D eigenvalue weighted by molar-refractivity contribution is -0.118. The minimum Gasteiger partial charge on any atom is -0.383 e. The van der Waals surface area contributed by atoms with Gasteiger partial charge in [0.2, 0.25) is 0 Å². The molecule has 2 atom stereocenters. The summed E-state index contributed by atoms with van der Waals surface area (Å²) in [6, 6.07) is 18.8. The Morgan fingerprint density at radius 3 is 2.60 bits per heavy atom. The van der Waals surface area contributed by atoms with E-state index in [1.165, 1.54) is 16.5 Å². The number of benzene rings is 2. The molecule has 5 nitrogen and oxygen atoms in total. The van der Waals surface area contributed by atoms with Crippen molar-refractivity contribution in [2.24, 2.45) is 0 Å². The highest BCUT2D eigenvalue weighted by molar-refractivity contribution is 5.83. The van der Waals surface area contributed by atoms with Crippen LogP contribution >= 0.6 is 0 Å². The smallest absolute Gasteiger partial charge is 0.108 e. The Labute approximate surface area is 178 Å². The summed E-state index contributed by atoms with van der Waals surface area (Å²) >= 11 is 0. The Kier molecular flexibility index (Phi) is 5.61. The van der Waals surface area contributed by atoms with Crippen LogP contribution in [0.15, 0.2) is 60.8 Å². The van der Waals surface area contributed by atoms with Gasteiger partial charge in [0.25, 0.3) is 0 Å². The molecule has 2 aliphatic rings. The number of nitrogens with zero attached hydrogens (tertiary/aromatic N) is 2. The number of nitrogens with one attached hydrogen (secondary N) is 1. The molecule has 0 spiro atoms. The van der Waals surface area contributed by atoms with Gasteiger partial charge in [-0.25, -0.2) is 0 Å². The van der Waals surface area contributed by atoms with Crippen LogP contribution in [0.3, 0.4) is 0 Å². The molecule has 30 heavy (non-hydrogen) atoms. The van der Waals surface area contributed by atoms with Gasteiger partial charge in [0.05, 0.1) is 19.3 Å². The lowest BCUT2D eigenvalue weighted by Crippen LogP contribution is -2.62. The number of fused-ring (bicyclic) bond motifs is 1. The average molecular weight is 406 g/mol. The molecule has 0 radical (unpaired) electrons. The molecule has 0 bridgehead atoms. The summed E-state index contributed by atoms with van der Waals surface area (Å²) in [5, 5.41) is 13.2. The van der Waals surface area contributed by atoms with Crippen molar-refractivity contribution in [1.82, 2.24) is 14.8 Å². The average Bonchev–Trinajstić information content (AvgIpc) is 3.23. The van der Waals surface area contributed by atoms with Gasteiger partial charge in [-0.1, -0.05) is 48.5 Å².